The molecule has 0 fully saturated rings. The lowest BCUT2D eigenvalue weighted by Gasteiger charge is -2.12. The van der Waals surface area contributed by atoms with E-state index in [1.807, 2.05) is 6.07 Å². The molecule has 4 N–H and O–H groups in total. The molecule has 0 saturated heterocycles. The van der Waals surface area contributed by atoms with E-state index in [2.05, 4.69) is 26.2 Å². The topological polar surface area (TPSA) is 70.9 Å². The minimum absolute atomic E-state index is 0.394. The molecular formula is C12H12BrN3O. The molecule has 88 valence electrons. The Morgan fingerprint density at radius 1 is 1.41 bits per heavy atom. The lowest BCUT2D eigenvalue weighted by Crippen LogP contribution is -2.23. The second kappa shape index (κ2) is 3.85. The molecule has 1 aromatic heterocycles. The number of amides is 1. The van der Waals surface area contributed by atoms with Gasteiger partial charge in [0, 0.05) is 22.1 Å². The van der Waals surface area contributed by atoms with Crippen LogP contribution >= 0.6 is 15.9 Å². The Bertz CT molecular complexity index is 618. The van der Waals surface area contributed by atoms with Crippen molar-refractivity contribution in [2.24, 2.45) is 5.73 Å². The first-order valence-electron chi connectivity index (χ1n) is 5.51. The number of aromatic amines is 1. The molecule has 1 aromatic carbocycles. The van der Waals surface area contributed by atoms with Gasteiger partial charge in [0.25, 0.3) is 5.91 Å². The maximum atomic E-state index is 11.4. The number of hydrogen-bond donors (Lipinski definition) is 3. The summed E-state index contributed by atoms with van der Waals surface area (Å²) in [6.07, 6.45) is 0.968. The van der Waals surface area contributed by atoms with E-state index >= 15 is 0 Å². The van der Waals surface area contributed by atoms with Crippen LogP contribution in [0, 0.1) is 0 Å². The van der Waals surface area contributed by atoms with Crippen molar-refractivity contribution in [3.8, 4) is 0 Å². The Balaban J connectivity index is 2.39. The number of halogens is 1. The number of nitrogens with two attached hydrogens (primary N) is 1. The minimum Gasteiger partial charge on any atom is -0.366 e. The summed E-state index contributed by atoms with van der Waals surface area (Å²) in [7, 11) is 0. The summed E-state index contributed by atoms with van der Waals surface area (Å²) < 4.78 is 1.01. The first kappa shape index (κ1) is 10.8. The number of aromatic nitrogens is 1. The predicted octanol–water partition coefficient (Wildman–Crippen LogP) is 1.67. The number of carbonyl (C=O) groups is 1. The van der Waals surface area contributed by atoms with Gasteiger partial charge < -0.3 is 16.0 Å². The quantitative estimate of drug-likeness (QED) is 0.749. The van der Waals surface area contributed by atoms with Gasteiger partial charge in [-0.25, -0.2) is 0 Å². The predicted molar refractivity (Wildman–Crippen MR) is 69.9 cm³/mol. The standard InChI is InChI=1S/C12H12BrN3O/c13-8-2-1-7(12(14)17)11-10(8)6-3-4-15-5-9(6)16-11/h1-2,15-16H,3-5H2,(H2,14,17). The normalized spacial score (nSPS) is 14.9. The lowest BCUT2D eigenvalue weighted by molar-refractivity contribution is 0.100. The van der Waals surface area contributed by atoms with Crippen LogP contribution in [0.1, 0.15) is 21.6 Å². The summed E-state index contributed by atoms with van der Waals surface area (Å²) in [5.74, 6) is -0.394. The zero-order valence-corrected chi connectivity index (χ0v) is 10.7. The Hall–Kier alpha value is -1.33. The van der Waals surface area contributed by atoms with E-state index in [0.29, 0.717) is 5.56 Å². The van der Waals surface area contributed by atoms with Crippen LogP contribution in [-0.2, 0) is 13.0 Å². The molecule has 3 rings (SSSR count). The third kappa shape index (κ3) is 1.57. The molecule has 0 radical (unpaired) electrons. The fourth-order valence-corrected chi connectivity index (χ4v) is 3.01. The largest absolute Gasteiger partial charge is 0.366 e. The summed E-state index contributed by atoms with van der Waals surface area (Å²) in [5, 5.41) is 4.40. The average molecular weight is 294 g/mol. The summed E-state index contributed by atoms with van der Waals surface area (Å²) in [6.45, 7) is 1.78. The summed E-state index contributed by atoms with van der Waals surface area (Å²) in [5.41, 5.74) is 9.24. The highest BCUT2D eigenvalue weighted by atomic mass is 79.9. The van der Waals surface area contributed by atoms with Crippen LogP contribution < -0.4 is 11.1 Å². The zero-order valence-electron chi connectivity index (χ0n) is 9.14. The molecule has 1 aliphatic rings. The van der Waals surface area contributed by atoms with Crippen LogP contribution in [0.25, 0.3) is 10.9 Å². The van der Waals surface area contributed by atoms with Crippen molar-refractivity contribution in [3.63, 3.8) is 0 Å². The van der Waals surface area contributed by atoms with Crippen molar-refractivity contribution < 1.29 is 4.79 Å². The molecule has 0 bridgehead atoms. The minimum atomic E-state index is -0.394. The van der Waals surface area contributed by atoms with Crippen LogP contribution in [0.5, 0.6) is 0 Å². The third-order valence-electron chi connectivity index (χ3n) is 3.22. The number of fused-ring (bicyclic) bond motifs is 3. The lowest BCUT2D eigenvalue weighted by atomic mass is 10.0. The second-order valence-electron chi connectivity index (χ2n) is 4.22. The van der Waals surface area contributed by atoms with E-state index in [1.54, 1.807) is 6.07 Å². The Morgan fingerprint density at radius 3 is 3.00 bits per heavy atom. The van der Waals surface area contributed by atoms with Crippen LogP contribution in [0.15, 0.2) is 16.6 Å². The maximum absolute atomic E-state index is 11.4. The first-order valence-corrected chi connectivity index (χ1v) is 6.30. The smallest absolute Gasteiger partial charge is 0.250 e. The molecule has 17 heavy (non-hydrogen) atoms. The van der Waals surface area contributed by atoms with Crippen molar-refractivity contribution in [1.82, 2.24) is 10.3 Å². The fourth-order valence-electron chi connectivity index (χ4n) is 2.44. The SMILES string of the molecule is NC(=O)c1ccc(Br)c2c3c([nH]c12)CNCC3. The molecule has 4 nitrogen and oxygen atoms in total. The van der Waals surface area contributed by atoms with Gasteiger partial charge in [-0.15, -0.1) is 0 Å². The molecule has 2 aromatic rings. The van der Waals surface area contributed by atoms with Gasteiger partial charge in [-0.2, -0.15) is 0 Å². The van der Waals surface area contributed by atoms with Gasteiger partial charge in [0.1, 0.15) is 0 Å². The number of nitrogens with one attached hydrogen (secondary N) is 2. The second-order valence-corrected chi connectivity index (χ2v) is 5.07. The molecule has 5 heteroatoms. The average Bonchev–Trinajstić information content (AvgIpc) is 2.68. The number of rotatable bonds is 1. The van der Waals surface area contributed by atoms with Gasteiger partial charge in [0.05, 0.1) is 11.1 Å². The van der Waals surface area contributed by atoms with Crippen molar-refractivity contribution in [3.05, 3.63) is 33.4 Å². The molecule has 1 amide bonds. The van der Waals surface area contributed by atoms with Crippen LogP contribution in [-0.4, -0.2) is 17.4 Å². The van der Waals surface area contributed by atoms with Gasteiger partial charge in [-0.1, -0.05) is 15.9 Å². The molecule has 0 unspecified atom stereocenters. The number of benzene rings is 1. The monoisotopic (exact) mass is 293 g/mol. The Morgan fingerprint density at radius 2 is 2.24 bits per heavy atom. The molecular weight excluding hydrogens is 282 g/mol. The van der Waals surface area contributed by atoms with Crippen molar-refractivity contribution >= 4 is 32.7 Å². The van der Waals surface area contributed by atoms with Crippen molar-refractivity contribution in [1.29, 1.82) is 0 Å². The maximum Gasteiger partial charge on any atom is 0.250 e. The van der Waals surface area contributed by atoms with E-state index < -0.39 is 5.91 Å². The van der Waals surface area contributed by atoms with Crippen LogP contribution in [0.4, 0.5) is 0 Å². The summed E-state index contributed by atoms with van der Waals surface area (Å²) >= 11 is 3.55. The summed E-state index contributed by atoms with van der Waals surface area (Å²) in [6, 6.07) is 3.64. The van der Waals surface area contributed by atoms with Gasteiger partial charge in [0.15, 0.2) is 0 Å². The summed E-state index contributed by atoms with van der Waals surface area (Å²) in [4.78, 5) is 14.7. The fraction of sp³-hybridized carbons (Fsp3) is 0.250. The van der Waals surface area contributed by atoms with E-state index in [-0.39, 0.29) is 0 Å². The third-order valence-corrected chi connectivity index (χ3v) is 3.88. The highest BCUT2D eigenvalue weighted by Crippen LogP contribution is 2.33. The number of H-pyrrole nitrogens is 1. The molecule has 0 spiro atoms. The van der Waals surface area contributed by atoms with Crippen molar-refractivity contribution in [2.45, 2.75) is 13.0 Å². The van der Waals surface area contributed by atoms with E-state index in [9.17, 15) is 4.79 Å². The number of hydrogen-bond acceptors (Lipinski definition) is 2. The van der Waals surface area contributed by atoms with E-state index in [1.165, 1.54) is 5.56 Å². The van der Waals surface area contributed by atoms with Crippen LogP contribution in [0.3, 0.4) is 0 Å². The zero-order chi connectivity index (χ0) is 12.0. The van der Waals surface area contributed by atoms with Gasteiger partial charge >= 0.3 is 0 Å². The van der Waals surface area contributed by atoms with Gasteiger partial charge in [0.2, 0.25) is 0 Å². The number of carbonyl (C=O) groups excluding carboxylic acids is 1. The highest BCUT2D eigenvalue weighted by Gasteiger charge is 2.20. The molecule has 0 atom stereocenters. The first-order chi connectivity index (χ1) is 8.18. The van der Waals surface area contributed by atoms with E-state index in [4.69, 9.17) is 5.73 Å². The van der Waals surface area contributed by atoms with Crippen molar-refractivity contribution in [2.75, 3.05) is 6.54 Å². The Labute approximate surface area is 107 Å². The molecule has 0 saturated carbocycles. The highest BCUT2D eigenvalue weighted by molar-refractivity contribution is 9.10. The van der Waals surface area contributed by atoms with Crippen LogP contribution in [0.2, 0.25) is 0 Å². The molecule has 0 aliphatic carbocycles. The number of primary amides is 1. The molecule has 1 aliphatic heterocycles. The van der Waals surface area contributed by atoms with Gasteiger partial charge in [-0.05, 0) is 30.7 Å². The van der Waals surface area contributed by atoms with Gasteiger partial charge in [-0.3, -0.25) is 4.79 Å². The Kier molecular flexibility index (Phi) is 2.45. The molecule has 2 heterocycles. The van der Waals surface area contributed by atoms with E-state index in [0.717, 1.165) is 40.6 Å².